The molecule has 1 heterocycles. The van der Waals surface area contributed by atoms with Crippen LogP contribution in [0, 0.1) is 6.92 Å². The van der Waals surface area contributed by atoms with E-state index < -0.39 is 0 Å². The van der Waals surface area contributed by atoms with Crippen LogP contribution in [0.1, 0.15) is 16.8 Å². The molecule has 0 spiro atoms. The lowest BCUT2D eigenvalue weighted by Gasteiger charge is -2.13. The zero-order chi connectivity index (χ0) is 13.7. The van der Waals surface area contributed by atoms with Crippen LogP contribution in [0.15, 0.2) is 42.6 Å². The van der Waals surface area contributed by atoms with Gasteiger partial charge in [-0.15, -0.1) is 0 Å². The van der Waals surface area contributed by atoms with Gasteiger partial charge in [-0.05, 0) is 36.2 Å². The second-order valence-electron chi connectivity index (χ2n) is 4.93. The third-order valence-corrected chi connectivity index (χ3v) is 3.19. The summed E-state index contributed by atoms with van der Waals surface area (Å²) < 4.78 is 0. The predicted molar refractivity (Wildman–Crippen MR) is 80.3 cm³/mol. The molecule has 3 heteroatoms. The van der Waals surface area contributed by atoms with E-state index in [0.29, 0.717) is 0 Å². The summed E-state index contributed by atoms with van der Waals surface area (Å²) in [6.07, 6.45) is 1.84. The molecule has 0 atom stereocenters. The standard InChI is InChI=1S/C16H21N3/c1-13-5-4-10-18-16(13)12-17-11-14-6-8-15(9-7-14)19(2)3/h4-10,17H,11-12H2,1-3H3. The van der Waals surface area contributed by atoms with Crippen molar-refractivity contribution in [1.29, 1.82) is 0 Å². The summed E-state index contributed by atoms with van der Waals surface area (Å²) in [5, 5.41) is 3.43. The van der Waals surface area contributed by atoms with Gasteiger partial charge in [0.15, 0.2) is 0 Å². The first kappa shape index (κ1) is 13.6. The number of rotatable bonds is 5. The van der Waals surface area contributed by atoms with Crippen molar-refractivity contribution in [3.8, 4) is 0 Å². The second-order valence-corrected chi connectivity index (χ2v) is 4.93. The Labute approximate surface area is 115 Å². The highest BCUT2D eigenvalue weighted by Crippen LogP contribution is 2.12. The minimum absolute atomic E-state index is 0.808. The van der Waals surface area contributed by atoms with Crippen molar-refractivity contribution in [3.05, 3.63) is 59.4 Å². The maximum atomic E-state index is 4.38. The number of hydrogen-bond acceptors (Lipinski definition) is 3. The highest BCUT2D eigenvalue weighted by atomic mass is 15.1. The zero-order valence-corrected chi connectivity index (χ0v) is 11.9. The molecule has 0 radical (unpaired) electrons. The monoisotopic (exact) mass is 255 g/mol. The molecule has 0 amide bonds. The summed E-state index contributed by atoms with van der Waals surface area (Å²) in [7, 11) is 4.11. The molecule has 0 bridgehead atoms. The van der Waals surface area contributed by atoms with E-state index in [1.165, 1.54) is 16.8 Å². The summed E-state index contributed by atoms with van der Waals surface area (Å²) in [5.74, 6) is 0. The highest BCUT2D eigenvalue weighted by Gasteiger charge is 1.99. The van der Waals surface area contributed by atoms with Gasteiger partial charge in [-0.25, -0.2) is 0 Å². The number of nitrogens with one attached hydrogen (secondary N) is 1. The Kier molecular flexibility index (Phi) is 4.53. The first-order chi connectivity index (χ1) is 9.16. The SMILES string of the molecule is Cc1cccnc1CNCc1ccc(N(C)C)cc1. The molecule has 0 aliphatic rings. The van der Waals surface area contributed by atoms with Gasteiger partial charge in [0.2, 0.25) is 0 Å². The molecule has 0 fully saturated rings. The van der Waals surface area contributed by atoms with Crippen molar-refractivity contribution in [2.45, 2.75) is 20.0 Å². The smallest absolute Gasteiger partial charge is 0.0570 e. The maximum absolute atomic E-state index is 4.38. The average Bonchev–Trinajstić information content (AvgIpc) is 2.41. The number of nitrogens with zero attached hydrogens (tertiary/aromatic N) is 2. The number of pyridine rings is 1. The molecule has 0 aliphatic heterocycles. The van der Waals surface area contributed by atoms with Crippen molar-refractivity contribution >= 4 is 5.69 Å². The molecular weight excluding hydrogens is 234 g/mol. The maximum Gasteiger partial charge on any atom is 0.0570 e. The van der Waals surface area contributed by atoms with Crippen LogP contribution in [-0.4, -0.2) is 19.1 Å². The van der Waals surface area contributed by atoms with Gasteiger partial charge < -0.3 is 10.2 Å². The number of benzene rings is 1. The van der Waals surface area contributed by atoms with Gasteiger partial charge in [0.05, 0.1) is 5.69 Å². The van der Waals surface area contributed by atoms with E-state index in [1.54, 1.807) is 0 Å². The van der Waals surface area contributed by atoms with Crippen LogP contribution in [0.3, 0.4) is 0 Å². The van der Waals surface area contributed by atoms with Crippen molar-refractivity contribution in [2.75, 3.05) is 19.0 Å². The van der Waals surface area contributed by atoms with Gasteiger partial charge >= 0.3 is 0 Å². The predicted octanol–water partition coefficient (Wildman–Crippen LogP) is 2.75. The quantitative estimate of drug-likeness (QED) is 0.890. The third kappa shape index (κ3) is 3.80. The van der Waals surface area contributed by atoms with E-state index in [2.05, 4.69) is 66.6 Å². The Morgan fingerprint density at radius 2 is 1.79 bits per heavy atom. The fourth-order valence-corrected chi connectivity index (χ4v) is 1.94. The second kappa shape index (κ2) is 6.34. The fourth-order valence-electron chi connectivity index (χ4n) is 1.94. The van der Waals surface area contributed by atoms with Crippen LogP contribution in [-0.2, 0) is 13.1 Å². The molecule has 1 aromatic heterocycles. The first-order valence-corrected chi connectivity index (χ1v) is 6.54. The van der Waals surface area contributed by atoms with Crippen molar-refractivity contribution in [1.82, 2.24) is 10.3 Å². The lowest BCUT2D eigenvalue weighted by Crippen LogP contribution is -2.15. The normalized spacial score (nSPS) is 10.5. The highest BCUT2D eigenvalue weighted by molar-refractivity contribution is 5.45. The van der Waals surface area contributed by atoms with Crippen LogP contribution in [0.4, 0.5) is 5.69 Å². The molecule has 100 valence electrons. The van der Waals surface area contributed by atoms with E-state index in [-0.39, 0.29) is 0 Å². The lowest BCUT2D eigenvalue weighted by atomic mass is 10.2. The van der Waals surface area contributed by atoms with E-state index in [0.717, 1.165) is 18.8 Å². The number of anilines is 1. The average molecular weight is 255 g/mol. The van der Waals surface area contributed by atoms with Gasteiger partial charge in [0.25, 0.3) is 0 Å². The molecule has 3 nitrogen and oxygen atoms in total. The van der Waals surface area contributed by atoms with E-state index in [4.69, 9.17) is 0 Å². The summed E-state index contributed by atoms with van der Waals surface area (Å²) in [5.41, 5.74) is 4.87. The van der Waals surface area contributed by atoms with Crippen LogP contribution in [0.2, 0.25) is 0 Å². The Balaban J connectivity index is 1.87. The number of hydrogen-bond donors (Lipinski definition) is 1. The largest absolute Gasteiger partial charge is 0.378 e. The van der Waals surface area contributed by atoms with Gasteiger partial charge in [0, 0.05) is 39.1 Å². The van der Waals surface area contributed by atoms with Crippen LogP contribution >= 0.6 is 0 Å². The van der Waals surface area contributed by atoms with Crippen molar-refractivity contribution in [3.63, 3.8) is 0 Å². The molecule has 0 aliphatic carbocycles. The van der Waals surface area contributed by atoms with Crippen LogP contribution < -0.4 is 10.2 Å². The summed E-state index contributed by atoms with van der Waals surface area (Å²) in [6.45, 7) is 3.77. The molecule has 2 aromatic rings. The molecule has 2 rings (SSSR count). The summed E-state index contributed by atoms with van der Waals surface area (Å²) in [4.78, 5) is 6.48. The van der Waals surface area contributed by atoms with Gasteiger partial charge in [0.1, 0.15) is 0 Å². The van der Waals surface area contributed by atoms with Crippen LogP contribution in [0.5, 0.6) is 0 Å². The van der Waals surface area contributed by atoms with Crippen molar-refractivity contribution < 1.29 is 0 Å². The Morgan fingerprint density at radius 3 is 2.42 bits per heavy atom. The number of aryl methyl sites for hydroxylation is 1. The Morgan fingerprint density at radius 1 is 1.05 bits per heavy atom. The van der Waals surface area contributed by atoms with Gasteiger partial charge in [-0.1, -0.05) is 18.2 Å². The molecule has 0 unspecified atom stereocenters. The molecule has 1 aromatic carbocycles. The first-order valence-electron chi connectivity index (χ1n) is 6.54. The van der Waals surface area contributed by atoms with Gasteiger partial charge in [-0.2, -0.15) is 0 Å². The van der Waals surface area contributed by atoms with E-state index >= 15 is 0 Å². The minimum atomic E-state index is 0.808. The fraction of sp³-hybridized carbons (Fsp3) is 0.312. The third-order valence-electron chi connectivity index (χ3n) is 3.19. The summed E-state index contributed by atoms with van der Waals surface area (Å²) in [6, 6.07) is 12.7. The van der Waals surface area contributed by atoms with Gasteiger partial charge in [-0.3, -0.25) is 4.98 Å². The lowest BCUT2D eigenvalue weighted by molar-refractivity contribution is 0.676. The topological polar surface area (TPSA) is 28.2 Å². The minimum Gasteiger partial charge on any atom is -0.378 e. The van der Waals surface area contributed by atoms with E-state index in [1.807, 2.05) is 12.3 Å². The molecule has 1 N–H and O–H groups in total. The molecular formula is C16H21N3. The summed E-state index contributed by atoms with van der Waals surface area (Å²) >= 11 is 0. The Hall–Kier alpha value is -1.87. The number of aromatic nitrogens is 1. The zero-order valence-electron chi connectivity index (χ0n) is 11.9. The van der Waals surface area contributed by atoms with Crippen molar-refractivity contribution in [2.24, 2.45) is 0 Å². The molecule has 0 saturated heterocycles. The molecule has 19 heavy (non-hydrogen) atoms. The molecule has 0 saturated carbocycles. The Bertz CT molecular complexity index is 518. The van der Waals surface area contributed by atoms with Crippen LogP contribution in [0.25, 0.3) is 0 Å². The van der Waals surface area contributed by atoms with E-state index in [9.17, 15) is 0 Å².